The highest BCUT2D eigenvalue weighted by Gasteiger charge is 2.07. The molecule has 2 aromatic rings. The Morgan fingerprint density at radius 1 is 1.07 bits per heavy atom. The van der Waals surface area contributed by atoms with Crippen molar-refractivity contribution in [2.24, 2.45) is 4.99 Å². The van der Waals surface area contributed by atoms with Crippen molar-refractivity contribution in [1.29, 1.82) is 0 Å². The van der Waals surface area contributed by atoms with E-state index < -0.39 is 0 Å². The first-order valence-electron chi connectivity index (χ1n) is 9.24. The monoisotopic (exact) mass is 387 g/mol. The summed E-state index contributed by atoms with van der Waals surface area (Å²) in [6, 6.07) is 12.8. The second kappa shape index (κ2) is 10.9. The summed E-state index contributed by atoms with van der Waals surface area (Å²) < 4.78 is 16.2. The fraction of sp³-hybridized carbons (Fsp3) is 0.381. The molecule has 0 saturated carbocycles. The Kier molecular flexibility index (Phi) is 8.27. The highest BCUT2D eigenvalue weighted by molar-refractivity contribution is 5.79. The Hall–Kier alpha value is -3.09. The van der Waals surface area contributed by atoms with Crippen LogP contribution < -0.4 is 24.8 Å². The van der Waals surface area contributed by atoms with E-state index in [1.54, 1.807) is 19.2 Å². The number of aliphatic imine (C=N–C) groups is 1. The van der Waals surface area contributed by atoms with Crippen LogP contribution in [-0.4, -0.2) is 44.5 Å². The number of nitrogens with zero attached hydrogens (tertiary/aromatic N) is 1. The smallest absolute Gasteiger partial charge is 0.191 e. The average molecular weight is 387 g/mol. The molecule has 1 unspecified atom stereocenters. The largest absolute Gasteiger partial charge is 0.504 e. The van der Waals surface area contributed by atoms with E-state index in [-0.39, 0.29) is 11.9 Å². The third-order valence-electron chi connectivity index (χ3n) is 3.94. The molecule has 1 atom stereocenters. The number of guanidine groups is 1. The number of hydrogen-bond donors (Lipinski definition) is 3. The topological polar surface area (TPSA) is 84.3 Å². The molecule has 3 N–H and O–H groups in total. The summed E-state index contributed by atoms with van der Waals surface area (Å²) in [5.41, 5.74) is 0.885. The summed E-state index contributed by atoms with van der Waals surface area (Å²) in [4.78, 5) is 4.55. The Morgan fingerprint density at radius 2 is 1.86 bits per heavy atom. The van der Waals surface area contributed by atoms with Crippen LogP contribution in [0.3, 0.4) is 0 Å². The summed E-state index contributed by atoms with van der Waals surface area (Å²) in [5, 5.41) is 16.4. The molecule has 7 heteroatoms. The summed E-state index contributed by atoms with van der Waals surface area (Å²) >= 11 is 0. The number of aromatic hydroxyl groups is 1. The van der Waals surface area contributed by atoms with Gasteiger partial charge in [-0.2, -0.15) is 0 Å². The van der Waals surface area contributed by atoms with Crippen molar-refractivity contribution >= 4 is 5.96 Å². The summed E-state index contributed by atoms with van der Waals surface area (Å²) in [6.07, 6.45) is -0.0685. The minimum Gasteiger partial charge on any atom is -0.504 e. The lowest BCUT2D eigenvalue weighted by Crippen LogP contribution is -2.41. The first-order chi connectivity index (χ1) is 13.5. The first-order valence-corrected chi connectivity index (χ1v) is 9.24. The molecule has 0 aliphatic carbocycles. The molecule has 2 aromatic carbocycles. The Balaban J connectivity index is 1.92. The van der Waals surface area contributed by atoms with E-state index in [0.717, 1.165) is 23.6 Å². The Bertz CT molecular complexity index is 780. The van der Waals surface area contributed by atoms with Crippen molar-refractivity contribution in [2.45, 2.75) is 26.5 Å². The Morgan fingerprint density at radius 3 is 2.54 bits per heavy atom. The highest BCUT2D eigenvalue weighted by Crippen LogP contribution is 2.26. The maximum absolute atomic E-state index is 9.88. The van der Waals surface area contributed by atoms with Crippen molar-refractivity contribution in [2.75, 3.05) is 27.3 Å². The van der Waals surface area contributed by atoms with Crippen LogP contribution in [0.15, 0.2) is 47.5 Å². The maximum atomic E-state index is 9.88. The molecule has 0 heterocycles. The zero-order valence-electron chi connectivity index (χ0n) is 16.9. The molecule has 7 nitrogen and oxygen atoms in total. The number of benzene rings is 2. The number of rotatable bonds is 9. The predicted molar refractivity (Wildman–Crippen MR) is 111 cm³/mol. The second-order valence-electron chi connectivity index (χ2n) is 6.19. The average Bonchev–Trinajstić information content (AvgIpc) is 2.70. The standard InChI is InChI=1S/C21H29N3O4/c1-5-22-21(24-14-16-9-10-20(27-4)19(25)11-16)23-13-15(2)28-18-8-6-7-17(12-18)26-3/h6-12,15,25H,5,13-14H2,1-4H3,(H2,22,23,24). The number of ether oxygens (including phenoxy) is 3. The van der Waals surface area contributed by atoms with E-state index in [1.165, 1.54) is 7.11 Å². The highest BCUT2D eigenvalue weighted by atomic mass is 16.5. The molecule has 0 spiro atoms. The van der Waals surface area contributed by atoms with Gasteiger partial charge in [0, 0.05) is 12.6 Å². The molecule has 0 saturated heterocycles. The van der Waals surface area contributed by atoms with Crippen molar-refractivity contribution in [3.8, 4) is 23.0 Å². The molecule has 0 aliphatic heterocycles. The molecule has 0 aliphatic rings. The van der Waals surface area contributed by atoms with E-state index in [2.05, 4.69) is 15.6 Å². The van der Waals surface area contributed by atoms with Crippen LogP contribution in [0, 0.1) is 0 Å². The van der Waals surface area contributed by atoms with Gasteiger partial charge in [0.25, 0.3) is 0 Å². The van der Waals surface area contributed by atoms with Crippen LogP contribution in [0.2, 0.25) is 0 Å². The fourth-order valence-electron chi connectivity index (χ4n) is 2.53. The quantitative estimate of drug-likeness (QED) is 0.453. The van der Waals surface area contributed by atoms with E-state index >= 15 is 0 Å². The van der Waals surface area contributed by atoms with Crippen molar-refractivity contribution < 1.29 is 19.3 Å². The molecule has 152 valence electrons. The van der Waals surface area contributed by atoms with Gasteiger partial charge >= 0.3 is 0 Å². The van der Waals surface area contributed by atoms with Crippen LogP contribution in [0.25, 0.3) is 0 Å². The van der Waals surface area contributed by atoms with Crippen LogP contribution in [0.1, 0.15) is 19.4 Å². The molecule has 0 aromatic heterocycles. The number of nitrogens with one attached hydrogen (secondary N) is 2. The zero-order valence-corrected chi connectivity index (χ0v) is 16.9. The summed E-state index contributed by atoms with van der Waals surface area (Å²) in [6.45, 7) is 5.74. The van der Waals surface area contributed by atoms with Crippen LogP contribution in [0.4, 0.5) is 0 Å². The van der Waals surface area contributed by atoms with Gasteiger partial charge < -0.3 is 30.0 Å². The van der Waals surface area contributed by atoms with Crippen LogP contribution in [0.5, 0.6) is 23.0 Å². The van der Waals surface area contributed by atoms with Gasteiger partial charge in [0.2, 0.25) is 0 Å². The van der Waals surface area contributed by atoms with Gasteiger partial charge in [-0.1, -0.05) is 12.1 Å². The van der Waals surface area contributed by atoms with Crippen molar-refractivity contribution in [1.82, 2.24) is 10.6 Å². The predicted octanol–water partition coefficient (Wildman–Crippen LogP) is 2.93. The van der Waals surface area contributed by atoms with Gasteiger partial charge in [-0.25, -0.2) is 4.99 Å². The maximum Gasteiger partial charge on any atom is 0.191 e. The van der Waals surface area contributed by atoms with Gasteiger partial charge in [0.15, 0.2) is 17.5 Å². The second-order valence-corrected chi connectivity index (χ2v) is 6.19. The SMILES string of the molecule is CCNC(=NCc1ccc(OC)c(O)c1)NCC(C)Oc1cccc(OC)c1. The minimum absolute atomic E-state index is 0.0685. The first kappa shape index (κ1) is 21.2. The fourth-order valence-corrected chi connectivity index (χ4v) is 2.53. The summed E-state index contributed by atoms with van der Waals surface area (Å²) in [7, 11) is 3.15. The number of phenols is 1. The molecule has 2 rings (SSSR count). The molecule has 0 amide bonds. The lowest BCUT2D eigenvalue weighted by atomic mass is 10.2. The van der Waals surface area contributed by atoms with Gasteiger partial charge in [0.05, 0.1) is 27.3 Å². The third-order valence-corrected chi connectivity index (χ3v) is 3.94. The molecular weight excluding hydrogens is 358 g/mol. The van der Waals surface area contributed by atoms with E-state index in [1.807, 2.05) is 44.2 Å². The lowest BCUT2D eigenvalue weighted by molar-refractivity contribution is 0.223. The normalized spacial score (nSPS) is 12.2. The van der Waals surface area contributed by atoms with Gasteiger partial charge in [0.1, 0.15) is 17.6 Å². The zero-order chi connectivity index (χ0) is 20.4. The van der Waals surface area contributed by atoms with Gasteiger partial charge in [-0.15, -0.1) is 0 Å². The summed E-state index contributed by atoms with van der Waals surface area (Å²) in [5.74, 6) is 2.74. The molecule has 28 heavy (non-hydrogen) atoms. The lowest BCUT2D eigenvalue weighted by Gasteiger charge is -2.18. The molecular formula is C21H29N3O4. The van der Waals surface area contributed by atoms with Crippen LogP contribution in [-0.2, 0) is 6.54 Å². The molecule has 0 radical (unpaired) electrons. The molecule has 0 fully saturated rings. The number of phenolic OH excluding ortho intramolecular Hbond substituents is 1. The van der Waals surface area contributed by atoms with E-state index in [0.29, 0.717) is 24.8 Å². The van der Waals surface area contributed by atoms with Gasteiger partial charge in [-0.05, 0) is 43.7 Å². The van der Waals surface area contributed by atoms with Gasteiger partial charge in [-0.3, -0.25) is 0 Å². The molecule has 0 bridgehead atoms. The van der Waals surface area contributed by atoms with Crippen molar-refractivity contribution in [3.63, 3.8) is 0 Å². The van der Waals surface area contributed by atoms with E-state index in [4.69, 9.17) is 14.2 Å². The third kappa shape index (κ3) is 6.57. The van der Waals surface area contributed by atoms with E-state index in [9.17, 15) is 5.11 Å². The number of methoxy groups -OCH3 is 2. The Labute approximate surface area is 166 Å². The van der Waals surface area contributed by atoms with Crippen molar-refractivity contribution in [3.05, 3.63) is 48.0 Å². The minimum atomic E-state index is -0.0685. The number of hydrogen-bond acceptors (Lipinski definition) is 5. The van der Waals surface area contributed by atoms with Crippen LogP contribution >= 0.6 is 0 Å².